The summed E-state index contributed by atoms with van der Waals surface area (Å²) in [7, 11) is 1.43. The maximum absolute atomic E-state index is 12.2. The quantitative estimate of drug-likeness (QED) is 0.513. The molecule has 0 spiro atoms. The number of ether oxygens (including phenoxy) is 3. The molecule has 1 saturated heterocycles. The molecule has 0 aliphatic carbocycles. The fraction of sp³-hybridized carbons (Fsp3) is 0.353. The molecule has 1 heterocycles. The number of hydrogen-bond acceptors (Lipinski definition) is 7. The molecule has 0 saturated carbocycles. The summed E-state index contributed by atoms with van der Waals surface area (Å²) in [6.45, 7) is 3.68. The van der Waals surface area contributed by atoms with E-state index in [-0.39, 0.29) is 35.1 Å². The largest absolute Gasteiger partial charge is 0.493 e. The number of carbonyl (C=O) groups is 3. The van der Waals surface area contributed by atoms with Crippen molar-refractivity contribution in [3.63, 3.8) is 0 Å². The van der Waals surface area contributed by atoms with Crippen molar-refractivity contribution >= 4 is 46.6 Å². The smallest absolute Gasteiger partial charge is 0.344 e. The molecule has 1 fully saturated rings. The Hall–Kier alpha value is -2.19. The monoisotopic (exact) mass is 399 g/mol. The van der Waals surface area contributed by atoms with Gasteiger partial charge in [0.05, 0.1) is 23.6 Å². The van der Waals surface area contributed by atoms with Crippen molar-refractivity contribution < 1.29 is 28.6 Å². The van der Waals surface area contributed by atoms with Crippen LogP contribution in [-0.4, -0.2) is 48.9 Å². The highest BCUT2D eigenvalue weighted by Crippen LogP contribution is 2.38. The molecule has 0 bridgehead atoms. The van der Waals surface area contributed by atoms with Crippen LogP contribution in [0.2, 0.25) is 5.02 Å². The SMILES string of the molecule is CCOC(=O)COc1c(Cl)cc(/C=C2/SC(=O)N(CC)C2=O)cc1OC. The highest BCUT2D eigenvalue weighted by molar-refractivity contribution is 8.18. The summed E-state index contributed by atoms with van der Waals surface area (Å²) in [5.41, 5.74) is 0.567. The average molecular weight is 400 g/mol. The number of methoxy groups -OCH3 is 1. The second-order valence-corrected chi connectivity index (χ2v) is 6.45. The van der Waals surface area contributed by atoms with Crippen LogP contribution in [0.1, 0.15) is 19.4 Å². The summed E-state index contributed by atoms with van der Waals surface area (Å²) >= 11 is 7.09. The van der Waals surface area contributed by atoms with Crippen molar-refractivity contribution in [3.8, 4) is 11.5 Å². The Labute approximate surface area is 160 Å². The van der Waals surface area contributed by atoms with E-state index in [1.54, 1.807) is 32.1 Å². The molecular formula is C17H18ClNO6S. The van der Waals surface area contributed by atoms with Gasteiger partial charge in [0.25, 0.3) is 11.1 Å². The van der Waals surface area contributed by atoms with Crippen LogP contribution >= 0.6 is 23.4 Å². The van der Waals surface area contributed by atoms with E-state index < -0.39 is 5.97 Å². The number of nitrogens with zero attached hydrogens (tertiary/aromatic N) is 1. The number of hydrogen-bond donors (Lipinski definition) is 0. The van der Waals surface area contributed by atoms with Crippen molar-refractivity contribution in [2.75, 3.05) is 26.9 Å². The standard InChI is InChI=1S/C17H18ClNO6S/c1-4-19-16(21)13(26-17(19)22)8-10-6-11(18)15(12(7-10)23-3)25-9-14(20)24-5-2/h6-8H,4-5,9H2,1-3H3/b13-8+. The molecule has 0 radical (unpaired) electrons. The van der Waals surface area contributed by atoms with Gasteiger partial charge in [-0.25, -0.2) is 4.79 Å². The number of thioether (sulfide) groups is 1. The van der Waals surface area contributed by atoms with Gasteiger partial charge in [-0.15, -0.1) is 0 Å². The van der Waals surface area contributed by atoms with Crippen molar-refractivity contribution in [2.24, 2.45) is 0 Å². The van der Waals surface area contributed by atoms with E-state index >= 15 is 0 Å². The molecule has 1 aliphatic heterocycles. The number of benzene rings is 1. The van der Waals surface area contributed by atoms with Crippen LogP contribution in [0.15, 0.2) is 17.0 Å². The van der Waals surface area contributed by atoms with Crippen LogP contribution in [0, 0.1) is 0 Å². The third kappa shape index (κ3) is 4.50. The van der Waals surface area contributed by atoms with Gasteiger partial charge in [-0.05, 0) is 49.4 Å². The van der Waals surface area contributed by atoms with E-state index in [0.717, 1.165) is 16.7 Å². The minimum absolute atomic E-state index is 0.195. The Morgan fingerprint density at radius 2 is 2.04 bits per heavy atom. The Kier molecular flexibility index (Phi) is 6.93. The number of likely N-dealkylation sites (N-methyl/N-ethyl adjacent to an activating group) is 1. The van der Waals surface area contributed by atoms with Crippen LogP contribution in [0.3, 0.4) is 0 Å². The van der Waals surface area contributed by atoms with Crippen LogP contribution in [0.4, 0.5) is 4.79 Å². The molecule has 0 N–H and O–H groups in total. The third-order valence-electron chi connectivity index (χ3n) is 3.38. The van der Waals surface area contributed by atoms with E-state index in [4.69, 9.17) is 25.8 Å². The first-order valence-electron chi connectivity index (χ1n) is 7.82. The molecule has 1 aromatic carbocycles. The fourth-order valence-electron chi connectivity index (χ4n) is 2.22. The van der Waals surface area contributed by atoms with Gasteiger partial charge < -0.3 is 14.2 Å². The van der Waals surface area contributed by atoms with Gasteiger partial charge in [0, 0.05) is 6.54 Å². The molecule has 0 unspecified atom stereocenters. The Bertz CT molecular complexity index is 764. The summed E-state index contributed by atoms with van der Waals surface area (Å²) in [4.78, 5) is 36.8. The molecule has 2 rings (SSSR count). The summed E-state index contributed by atoms with van der Waals surface area (Å²) in [6, 6.07) is 3.16. The Balaban J connectivity index is 2.26. The average Bonchev–Trinajstić information content (AvgIpc) is 2.86. The lowest BCUT2D eigenvalue weighted by molar-refractivity contribution is -0.145. The molecule has 2 amide bonds. The zero-order chi connectivity index (χ0) is 19.3. The van der Waals surface area contributed by atoms with Gasteiger partial charge in [0.1, 0.15) is 0 Å². The van der Waals surface area contributed by atoms with E-state index in [1.807, 2.05) is 0 Å². The van der Waals surface area contributed by atoms with Gasteiger partial charge in [0.2, 0.25) is 0 Å². The number of rotatable bonds is 7. The van der Waals surface area contributed by atoms with Gasteiger partial charge in [-0.1, -0.05) is 11.6 Å². The van der Waals surface area contributed by atoms with Gasteiger partial charge in [-0.3, -0.25) is 14.5 Å². The first kappa shape index (κ1) is 20.1. The normalized spacial score (nSPS) is 15.5. The summed E-state index contributed by atoms with van der Waals surface area (Å²) in [5.74, 6) is -0.382. The number of imide groups is 1. The Morgan fingerprint density at radius 1 is 1.31 bits per heavy atom. The van der Waals surface area contributed by atoms with Crippen LogP contribution in [-0.2, 0) is 14.3 Å². The van der Waals surface area contributed by atoms with Crippen LogP contribution in [0.25, 0.3) is 6.08 Å². The molecule has 9 heteroatoms. The van der Waals surface area contributed by atoms with Crippen molar-refractivity contribution in [3.05, 3.63) is 27.6 Å². The van der Waals surface area contributed by atoms with Gasteiger partial charge >= 0.3 is 5.97 Å². The van der Waals surface area contributed by atoms with Gasteiger partial charge in [0.15, 0.2) is 18.1 Å². The predicted molar refractivity (Wildman–Crippen MR) is 98.5 cm³/mol. The minimum Gasteiger partial charge on any atom is -0.493 e. The number of amides is 2. The van der Waals surface area contributed by atoms with Gasteiger partial charge in [-0.2, -0.15) is 0 Å². The zero-order valence-corrected chi connectivity index (χ0v) is 16.1. The van der Waals surface area contributed by atoms with Crippen molar-refractivity contribution in [1.29, 1.82) is 0 Å². The minimum atomic E-state index is -0.525. The number of halogens is 1. The summed E-state index contributed by atoms with van der Waals surface area (Å²) < 4.78 is 15.4. The number of esters is 1. The summed E-state index contributed by atoms with van der Waals surface area (Å²) in [5, 5.41) is -0.106. The summed E-state index contributed by atoms with van der Waals surface area (Å²) in [6.07, 6.45) is 1.56. The lowest BCUT2D eigenvalue weighted by atomic mass is 10.1. The van der Waals surface area contributed by atoms with E-state index in [1.165, 1.54) is 7.11 Å². The second-order valence-electron chi connectivity index (χ2n) is 5.05. The molecular weight excluding hydrogens is 382 g/mol. The predicted octanol–water partition coefficient (Wildman–Crippen LogP) is 3.35. The first-order chi connectivity index (χ1) is 12.4. The lowest BCUT2D eigenvalue weighted by Gasteiger charge is -2.13. The molecule has 0 aromatic heterocycles. The van der Waals surface area contributed by atoms with E-state index in [0.29, 0.717) is 22.8 Å². The fourth-order valence-corrected chi connectivity index (χ4v) is 3.40. The molecule has 1 aromatic rings. The molecule has 0 atom stereocenters. The van der Waals surface area contributed by atoms with Crippen molar-refractivity contribution in [2.45, 2.75) is 13.8 Å². The highest BCUT2D eigenvalue weighted by atomic mass is 35.5. The van der Waals surface area contributed by atoms with Crippen LogP contribution in [0.5, 0.6) is 11.5 Å². The third-order valence-corrected chi connectivity index (χ3v) is 4.57. The lowest BCUT2D eigenvalue weighted by Crippen LogP contribution is -2.27. The number of carbonyl (C=O) groups excluding carboxylic acids is 3. The topological polar surface area (TPSA) is 82.1 Å². The van der Waals surface area contributed by atoms with E-state index in [9.17, 15) is 14.4 Å². The molecule has 1 aliphatic rings. The molecule has 140 valence electrons. The zero-order valence-electron chi connectivity index (χ0n) is 14.5. The van der Waals surface area contributed by atoms with Crippen molar-refractivity contribution in [1.82, 2.24) is 4.90 Å². The van der Waals surface area contributed by atoms with Crippen LogP contribution < -0.4 is 9.47 Å². The second kappa shape index (κ2) is 8.95. The first-order valence-corrected chi connectivity index (χ1v) is 9.02. The van der Waals surface area contributed by atoms with E-state index in [2.05, 4.69) is 0 Å². The highest BCUT2D eigenvalue weighted by Gasteiger charge is 2.33. The molecule has 26 heavy (non-hydrogen) atoms. The maximum Gasteiger partial charge on any atom is 0.344 e. The molecule has 7 nitrogen and oxygen atoms in total. The maximum atomic E-state index is 12.2. The Morgan fingerprint density at radius 3 is 2.62 bits per heavy atom.